The van der Waals surface area contributed by atoms with Crippen molar-refractivity contribution in [2.24, 2.45) is 0 Å². The number of urea groups is 1. The van der Waals surface area contributed by atoms with Crippen LogP contribution in [0.5, 0.6) is 5.75 Å². The average molecular weight is 400 g/mol. The SMILES string of the molecule is COc1ccccc1N1CCN(C(=O)CN2C(=O)NC3(CCCCC3)C2=O)CC1. The molecule has 0 unspecified atom stereocenters. The second-order valence-electron chi connectivity index (χ2n) is 8.00. The van der Waals surface area contributed by atoms with Gasteiger partial charge in [-0.3, -0.25) is 14.5 Å². The van der Waals surface area contributed by atoms with Crippen LogP contribution in [0.4, 0.5) is 10.5 Å². The summed E-state index contributed by atoms with van der Waals surface area (Å²) in [5, 5.41) is 2.86. The predicted molar refractivity (Wildman–Crippen MR) is 108 cm³/mol. The van der Waals surface area contributed by atoms with Gasteiger partial charge in [0.15, 0.2) is 0 Å². The van der Waals surface area contributed by atoms with Gasteiger partial charge in [0.2, 0.25) is 5.91 Å². The highest BCUT2D eigenvalue weighted by Crippen LogP contribution is 2.33. The molecule has 2 aliphatic heterocycles. The second-order valence-corrected chi connectivity index (χ2v) is 8.00. The molecule has 1 N–H and O–H groups in total. The summed E-state index contributed by atoms with van der Waals surface area (Å²) in [4.78, 5) is 43.1. The number of para-hydroxylation sites is 2. The van der Waals surface area contributed by atoms with Gasteiger partial charge in [-0.05, 0) is 25.0 Å². The predicted octanol–water partition coefficient (Wildman–Crippen LogP) is 1.60. The van der Waals surface area contributed by atoms with E-state index in [9.17, 15) is 14.4 Å². The number of carbonyl (C=O) groups is 3. The molecule has 8 nitrogen and oxygen atoms in total. The molecule has 4 rings (SSSR count). The molecule has 1 aliphatic carbocycles. The molecule has 0 atom stereocenters. The van der Waals surface area contributed by atoms with Crippen molar-refractivity contribution < 1.29 is 19.1 Å². The largest absolute Gasteiger partial charge is 0.495 e. The summed E-state index contributed by atoms with van der Waals surface area (Å²) in [6, 6.07) is 7.39. The molecule has 29 heavy (non-hydrogen) atoms. The zero-order valence-electron chi connectivity index (χ0n) is 16.9. The maximum Gasteiger partial charge on any atom is 0.325 e. The maximum atomic E-state index is 12.9. The Bertz CT molecular complexity index is 798. The first kappa shape index (κ1) is 19.5. The van der Waals surface area contributed by atoms with Gasteiger partial charge < -0.3 is 19.9 Å². The monoisotopic (exact) mass is 400 g/mol. The number of methoxy groups -OCH3 is 1. The number of anilines is 1. The van der Waals surface area contributed by atoms with Crippen LogP contribution < -0.4 is 15.0 Å². The van der Waals surface area contributed by atoms with Crippen molar-refractivity contribution in [2.75, 3.05) is 44.7 Å². The van der Waals surface area contributed by atoms with Crippen LogP contribution in [0.15, 0.2) is 24.3 Å². The van der Waals surface area contributed by atoms with Crippen LogP contribution in [0.1, 0.15) is 32.1 Å². The van der Waals surface area contributed by atoms with E-state index in [-0.39, 0.29) is 18.4 Å². The molecule has 2 heterocycles. The maximum absolute atomic E-state index is 12.9. The Labute approximate surface area is 170 Å². The number of piperazine rings is 1. The number of carbonyl (C=O) groups excluding carboxylic acids is 3. The molecule has 156 valence electrons. The fourth-order valence-corrected chi connectivity index (χ4v) is 4.64. The van der Waals surface area contributed by atoms with Crippen molar-refractivity contribution in [3.63, 3.8) is 0 Å². The van der Waals surface area contributed by atoms with Gasteiger partial charge in [-0.1, -0.05) is 31.4 Å². The Hall–Kier alpha value is -2.77. The third kappa shape index (κ3) is 3.63. The molecule has 1 aromatic rings. The molecule has 3 aliphatic rings. The van der Waals surface area contributed by atoms with Gasteiger partial charge in [-0.15, -0.1) is 0 Å². The van der Waals surface area contributed by atoms with Crippen LogP contribution in [0.25, 0.3) is 0 Å². The van der Waals surface area contributed by atoms with Crippen molar-refractivity contribution >= 4 is 23.5 Å². The third-order valence-corrected chi connectivity index (χ3v) is 6.30. The summed E-state index contributed by atoms with van der Waals surface area (Å²) in [5.41, 5.74) is 0.230. The summed E-state index contributed by atoms with van der Waals surface area (Å²) in [5.74, 6) is 0.397. The Morgan fingerprint density at radius 2 is 1.76 bits per heavy atom. The van der Waals surface area contributed by atoms with Crippen molar-refractivity contribution in [3.05, 3.63) is 24.3 Å². The molecule has 1 spiro atoms. The standard InChI is InChI=1S/C21H28N4O4/c1-29-17-8-4-3-7-16(17)23-11-13-24(14-12-23)18(26)15-25-19(27)21(22-20(25)28)9-5-2-6-10-21/h3-4,7-8H,2,5-6,9-15H2,1H3,(H,22,28). The van der Waals surface area contributed by atoms with Gasteiger partial charge in [0.25, 0.3) is 5.91 Å². The second kappa shape index (κ2) is 7.93. The summed E-state index contributed by atoms with van der Waals surface area (Å²) in [6.45, 7) is 2.27. The Morgan fingerprint density at radius 1 is 1.07 bits per heavy atom. The zero-order chi connectivity index (χ0) is 20.4. The minimum absolute atomic E-state index is 0.179. The van der Waals surface area contributed by atoms with E-state index >= 15 is 0 Å². The van der Waals surface area contributed by atoms with Gasteiger partial charge in [0.1, 0.15) is 17.8 Å². The minimum Gasteiger partial charge on any atom is -0.495 e. The van der Waals surface area contributed by atoms with E-state index in [1.807, 2.05) is 24.3 Å². The number of amides is 4. The van der Waals surface area contributed by atoms with Gasteiger partial charge >= 0.3 is 6.03 Å². The number of hydrogen-bond acceptors (Lipinski definition) is 5. The van der Waals surface area contributed by atoms with Crippen LogP contribution >= 0.6 is 0 Å². The van der Waals surface area contributed by atoms with Gasteiger partial charge in [-0.25, -0.2) is 4.79 Å². The number of ether oxygens (including phenoxy) is 1. The number of nitrogens with zero attached hydrogens (tertiary/aromatic N) is 3. The minimum atomic E-state index is -0.780. The van der Waals surface area contributed by atoms with E-state index < -0.39 is 11.6 Å². The lowest BCUT2D eigenvalue weighted by Crippen LogP contribution is -2.52. The summed E-state index contributed by atoms with van der Waals surface area (Å²) in [6.07, 6.45) is 4.28. The van der Waals surface area contributed by atoms with E-state index in [0.29, 0.717) is 39.0 Å². The number of imide groups is 1. The van der Waals surface area contributed by atoms with Crippen LogP contribution in [0.3, 0.4) is 0 Å². The van der Waals surface area contributed by atoms with E-state index in [4.69, 9.17) is 4.74 Å². The lowest BCUT2D eigenvalue weighted by atomic mass is 9.82. The van der Waals surface area contributed by atoms with Crippen molar-refractivity contribution in [3.8, 4) is 5.75 Å². The summed E-state index contributed by atoms with van der Waals surface area (Å²) >= 11 is 0. The van der Waals surface area contributed by atoms with Gasteiger partial charge in [-0.2, -0.15) is 0 Å². The van der Waals surface area contributed by atoms with E-state index in [1.165, 1.54) is 0 Å². The smallest absolute Gasteiger partial charge is 0.325 e. The molecule has 1 saturated carbocycles. The highest BCUT2D eigenvalue weighted by molar-refractivity contribution is 6.09. The van der Waals surface area contributed by atoms with E-state index in [1.54, 1.807) is 12.0 Å². The van der Waals surface area contributed by atoms with E-state index in [2.05, 4.69) is 10.2 Å². The van der Waals surface area contributed by atoms with Crippen molar-refractivity contribution in [1.29, 1.82) is 0 Å². The first-order chi connectivity index (χ1) is 14.0. The number of hydrogen-bond donors (Lipinski definition) is 1. The third-order valence-electron chi connectivity index (χ3n) is 6.30. The lowest BCUT2D eigenvalue weighted by Gasteiger charge is -2.37. The number of rotatable bonds is 4. The van der Waals surface area contributed by atoms with Gasteiger partial charge in [0.05, 0.1) is 12.8 Å². The zero-order valence-corrected chi connectivity index (χ0v) is 16.9. The van der Waals surface area contributed by atoms with Gasteiger partial charge in [0, 0.05) is 26.2 Å². The molecule has 4 amide bonds. The Kier molecular flexibility index (Phi) is 5.34. The first-order valence-corrected chi connectivity index (χ1v) is 10.3. The topological polar surface area (TPSA) is 82.2 Å². The Morgan fingerprint density at radius 3 is 2.45 bits per heavy atom. The van der Waals surface area contributed by atoms with Crippen LogP contribution in [0, 0.1) is 0 Å². The highest BCUT2D eigenvalue weighted by atomic mass is 16.5. The molecular formula is C21H28N4O4. The van der Waals surface area contributed by atoms with Crippen LogP contribution in [-0.2, 0) is 9.59 Å². The first-order valence-electron chi connectivity index (χ1n) is 10.3. The molecule has 0 aromatic heterocycles. The van der Waals surface area contributed by atoms with E-state index in [0.717, 1.165) is 35.6 Å². The Balaban J connectivity index is 1.35. The molecule has 0 bridgehead atoms. The number of benzene rings is 1. The molecule has 2 saturated heterocycles. The molecule has 8 heteroatoms. The summed E-state index contributed by atoms with van der Waals surface area (Å²) in [7, 11) is 1.65. The van der Waals surface area contributed by atoms with Crippen LogP contribution in [0.2, 0.25) is 0 Å². The normalized spacial score (nSPS) is 21.5. The van der Waals surface area contributed by atoms with Crippen molar-refractivity contribution in [2.45, 2.75) is 37.6 Å². The van der Waals surface area contributed by atoms with Crippen molar-refractivity contribution in [1.82, 2.24) is 15.1 Å². The lowest BCUT2D eigenvalue weighted by molar-refractivity contribution is -0.139. The molecule has 0 radical (unpaired) electrons. The van der Waals surface area contributed by atoms with Crippen LogP contribution in [-0.4, -0.2) is 73.0 Å². The fourth-order valence-electron chi connectivity index (χ4n) is 4.64. The highest BCUT2D eigenvalue weighted by Gasteiger charge is 2.51. The quantitative estimate of drug-likeness (QED) is 0.777. The average Bonchev–Trinajstić information content (AvgIpc) is 2.98. The number of nitrogens with one attached hydrogen (secondary N) is 1. The fraction of sp³-hybridized carbons (Fsp3) is 0.571. The molecule has 1 aromatic carbocycles. The molecule has 3 fully saturated rings. The molecular weight excluding hydrogens is 372 g/mol. The summed E-state index contributed by atoms with van der Waals surface area (Å²) < 4.78 is 5.43.